The van der Waals surface area contributed by atoms with Crippen molar-refractivity contribution in [3.8, 4) is 0 Å². The molecule has 0 radical (unpaired) electrons. The second-order valence-electron chi connectivity index (χ2n) is 7.39. The number of hydrogen-bond acceptors (Lipinski definition) is 3. The lowest BCUT2D eigenvalue weighted by molar-refractivity contribution is -0.136. The molecular formula is C17H19BF3NO3. The van der Waals surface area contributed by atoms with Crippen molar-refractivity contribution in [3.63, 3.8) is 0 Å². The van der Waals surface area contributed by atoms with E-state index in [9.17, 15) is 18.0 Å². The topological polar surface area (TPSA) is 51.3 Å². The number of aromatic amines is 1. The Balaban J connectivity index is 2.20. The van der Waals surface area contributed by atoms with E-state index in [0.29, 0.717) is 17.1 Å². The van der Waals surface area contributed by atoms with Crippen LogP contribution in [0.3, 0.4) is 0 Å². The summed E-state index contributed by atoms with van der Waals surface area (Å²) >= 11 is 0. The molecule has 0 unspecified atom stereocenters. The van der Waals surface area contributed by atoms with Crippen LogP contribution in [0, 0.1) is 6.92 Å². The lowest BCUT2D eigenvalue weighted by Gasteiger charge is -2.32. The molecule has 2 aromatic rings. The smallest absolute Gasteiger partial charge is 0.399 e. The van der Waals surface area contributed by atoms with Gasteiger partial charge in [0.2, 0.25) is 5.56 Å². The van der Waals surface area contributed by atoms with Gasteiger partial charge in [0.1, 0.15) is 0 Å². The van der Waals surface area contributed by atoms with Crippen LogP contribution in [-0.4, -0.2) is 23.3 Å². The minimum atomic E-state index is -4.63. The molecular weight excluding hydrogens is 334 g/mol. The molecule has 1 aliphatic rings. The zero-order chi connectivity index (χ0) is 18.8. The Bertz CT molecular complexity index is 886. The van der Waals surface area contributed by atoms with Gasteiger partial charge in [0.15, 0.2) is 0 Å². The average molecular weight is 353 g/mol. The molecule has 25 heavy (non-hydrogen) atoms. The Kier molecular flexibility index (Phi) is 3.85. The summed E-state index contributed by atoms with van der Waals surface area (Å²) in [4.78, 5) is 14.1. The van der Waals surface area contributed by atoms with Gasteiger partial charge >= 0.3 is 13.3 Å². The van der Waals surface area contributed by atoms with Gasteiger partial charge in [0, 0.05) is 11.5 Å². The molecule has 0 bridgehead atoms. The predicted octanol–water partition coefficient (Wildman–Crippen LogP) is 3.15. The maximum atomic E-state index is 13.4. The molecule has 1 saturated heterocycles. The standard InChI is InChI=1S/C17H19BF3NO3/c1-9-6-10(18-24-15(2,3)16(4,5)25-18)7-11-12(17(19,20)21)8-13(23)22-14(9)11/h6-8H,1-5H3,(H,22,23). The molecule has 8 heteroatoms. The number of rotatable bonds is 1. The molecule has 134 valence electrons. The highest BCUT2D eigenvalue weighted by molar-refractivity contribution is 6.62. The number of H-pyrrole nitrogens is 1. The molecule has 4 nitrogen and oxygen atoms in total. The summed E-state index contributed by atoms with van der Waals surface area (Å²) in [6, 6.07) is 3.64. The highest BCUT2D eigenvalue weighted by Crippen LogP contribution is 2.37. The van der Waals surface area contributed by atoms with E-state index in [4.69, 9.17) is 9.31 Å². The number of hydrogen-bond donors (Lipinski definition) is 1. The Morgan fingerprint density at radius 1 is 1.04 bits per heavy atom. The summed E-state index contributed by atoms with van der Waals surface area (Å²) in [6.45, 7) is 9.14. The Morgan fingerprint density at radius 2 is 1.60 bits per heavy atom. The van der Waals surface area contributed by atoms with Crippen LogP contribution in [0.5, 0.6) is 0 Å². The van der Waals surface area contributed by atoms with Crippen LogP contribution >= 0.6 is 0 Å². The van der Waals surface area contributed by atoms with E-state index < -0.39 is 35.6 Å². The maximum absolute atomic E-state index is 13.4. The number of fused-ring (bicyclic) bond motifs is 1. The van der Waals surface area contributed by atoms with Gasteiger partial charge in [-0.15, -0.1) is 0 Å². The first-order valence-electron chi connectivity index (χ1n) is 7.92. The number of aromatic nitrogens is 1. The van der Waals surface area contributed by atoms with Crippen LogP contribution in [0.1, 0.15) is 38.8 Å². The van der Waals surface area contributed by atoms with Crippen molar-refractivity contribution in [2.75, 3.05) is 0 Å². The first kappa shape index (κ1) is 18.0. The van der Waals surface area contributed by atoms with E-state index in [-0.39, 0.29) is 10.9 Å². The van der Waals surface area contributed by atoms with Gasteiger partial charge < -0.3 is 14.3 Å². The van der Waals surface area contributed by atoms with Crippen molar-refractivity contribution in [3.05, 3.63) is 39.7 Å². The third kappa shape index (κ3) is 2.97. The van der Waals surface area contributed by atoms with Crippen LogP contribution in [-0.2, 0) is 15.5 Å². The van der Waals surface area contributed by atoms with E-state index in [1.54, 1.807) is 13.0 Å². The third-order valence-electron chi connectivity index (χ3n) is 5.00. The molecule has 0 spiro atoms. The fourth-order valence-electron chi connectivity index (χ4n) is 2.91. The monoisotopic (exact) mass is 353 g/mol. The van der Waals surface area contributed by atoms with Crippen molar-refractivity contribution in [1.29, 1.82) is 0 Å². The van der Waals surface area contributed by atoms with Crippen LogP contribution in [0.15, 0.2) is 23.0 Å². The minimum Gasteiger partial charge on any atom is -0.399 e. The number of pyridine rings is 1. The lowest BCUT2D eigenvalue weighted by Crippen LogP contribution is -2.41. The van der Waals surface area contributed by atoms with Gasteiger partial charge in [0.25, 0.3) is 0 Å². The van der Waals surface area contributed by atoms with Crippen molar-refractivity contribution in [2.24, 2.45) is 0 Å². The summed E-state index contributed by atoms with van der Waals surface area (Å²) in [5.74, 6) is 0. The summed E-state index contributed by atoms with van der Waals surface area (Å²) in [5, 5.41) is -0.0724. The summed E-state index contributed by atoms with van der Waals surface area (Å²) in [5.41, 5.74) is -1.78. The lowest BCUT2D eigenvalue weighted by atomic mass is 9.77. The highest BCUT2D eigenvalue weighted by atomic mass is 19.4. The Labute approximate surface area is 143 Å². The summed E-state index contributed by atoms with van der Waals surface area (Å²) in [7, 11) is -0.777. The SMILES string of the molecule is Cc1cc(B2OC(C)(C)C(C)(C)O2)cc2c(C(F)(F)F)cc(=O)[nH]c12. The number of halogens is 3. The Hall–Kier alpha value is -1.80. The summed E-state index contributed by atoms with van der Waals surface area (Å²) in [6.07, 6.45) is -4.63. The van der Waals surface area contributed by atoms with Crippen molar-refractivity contribution < 1.29 is 22.5 Å². The van der Waals surface area contributed by atoms with E-state index in [1.165, 1.54) is 6.07 Å². The largest absolute Gasteiger partial charge is 0.494 e. The zero-order valence-corrected chi connectivity index (χ0v) is 14.7. The molecule has 1 fully saturated rings. The predicted molar refractivity (Wildman–Crippen MR) is 90.0 cm³/mol. The van der Waals surface area contributed by atoms with Gasteiger partial charge in [-0.25, -0.2) is 0 Å². The fourth-order valence-corrected chi connectivity index (χ4v) is 2.91. The first-order chi connectivity index (χ1) is 11.3. The molecule has 1 aliphatic heterocycles. The van der Waals surface area contributed by atoms with Gasteiger partial charge in [-0.3, -0.25) is 4.79 Å². The summed E-state index contributed by atoms with van der Waals surface area (Å²) < 4.78 is 52.0. The maximum Gasteiger partial charge on any atom is 0.494 e. The number of aryl methyl sites for hydroxylation is 1. The molecule has 0 atom stereocenters. The van der Waals surface area contributed by atoms with E-state index in [2.05, 4.69) is 4.98 Å². The Morgan fingerprint density at radius 3 is 2.12 bits per heavy atom. The third-order valence-corrected chi connectivity index (χ3v) is 5.00. The number of nitrogens with one attached hydrogen (secondary N) is 1. The molecule has 0 saturated carbocycles. The van der Waals surface area contributed by atoms with Crippen molar-refractivity contribution in [2.45, 2.75) is 52.0 Å². The zero-order valence-electron chi connectivity index (χ0n) is 14.7. The van der Waals surface area contributed by atoms with Crippen LogP contribution in [0.25, 0.3) is 10.9 Å². The van der Waals surface area contributed by atoms with Crippen LogP contribution in [0.4, 0.5) is 13.2 Å². The molecule has 0 aliphatic carbocycles. The first-order valence-corrected chi connectivity index (χ1v) is 7.92. The number of benzene rings is 1. The van der Waals surface area contributed by atoms with Crippen molar-refractivity contribution in [1.82, 2.24) is 4.98 Å². The second-order valence-corrected chi connectivity index (χ2v) is 7.39. The molecule has 1 N–H and O–H groups in total. The van der Waals surface area contributed by atoms with Gasteiger partial charge in [-0.2, -0.15) is 13.2 Å². The molecule has 0 amide bonds. The average Bonchev–Trinajstić information content (AvgIpc) is 2.66. The molecule has 1 aromatic carbocycles. The van der Waals surface area contributed by atoms with Gasteiger partial charge in [0.05, 0.1) is 22.3 Å². The second kappa shape index (κ2) is 5.35. The van der Waals surface area contributed by atoms with Gasteiger partial charge in [-0.05, 0) is 45.6 Å². The van der Waals surface area contributed by atoms with E-state index in [0.717, 1.165) is 0 Å². The highest BCUT2D eigenvalue weighted by Gasteiger charge is 2.51. The number of alkyl halides is 3. The quantitative estimate of drug-likeness (QED) is 0.802. The van der Waals surface area contributed by atoms with Crippen molar-refractivity contribution >= 4 is 23.5 Å². The van der Waals surface area contributed by atoms with E-state index in [1.807, 2.05) is 27.7 Å². The van der Waals surface area contributed by atoms with E-state index >= 15 is 0 Å². The molecule has 3 rings (SSSR count). The normalized spacial score (nSPS) is 19.6. The molecule has 2 heterocycles. The minimum absolute atomic E-state index is 0.0724. The van der Waals surface area contributed by atoms with Crippen LogP contribution in [0.2, 0.25) is 0 Å². The van der Waals surface area contributed by atoms with Gasteiger partial charge in [-0.1, -0.05) is 12.1 Å². The fraction of sp³-hybridized carbons (Fsp3) is 0.471. The molecule has 1 aromatic heterocycles. The van der Waals surface area contributed by atoms with Crippen LogP contribution < -0.4 is 11.0 Å².